The summed E-state index contributed by atoms with van der Waals surface area (Å²) in [6, 6.07) is 22.6. The number of anilines is 2. The lowest BCUT2D eigenvalue weighted by Gasteiger charge is -2.29. The molecule has 0 bridgehead atoms. The number of carbonyl (C=O) groups excluding carboxylic acids is 2. The fourth-order valence-corrected chi connectivity index (χ4v) is 4.81. The molecule has 8 nitrogen and oxygen atoms in total. The van der Waals surface area contributed by atoms with Crippen molar-refractivity contribution in [3.05, 3.63) is 119 Å². The Morgan fingerprint density at radius 3 is 2.27 bits per heavy atom. The first-order chi connectivity index (χ1) is 19.6. The number of nitrogens with zero attached hydrogens (tertiary/aromatic N) is 1. The summed E-state index contributed by atoms with van der Waals surface area (Å²) in [6.07, 6.45) is 6.40. The van der Waals surface area contributed by atoms with Crippen LogP contribution in [0.25, 0.3) is 0 Å². The zero-order chi connectivity index (χ0) is 29.6. The first kappa shape index (κ1) is 29.0. The molecule has 8 heteroatoms. The van der Waals surface area contributed by atoms with Gasteiger partial charge >= 0.3 is 11.9 Å². The lowest BCUT2D eigenvalue weighted by Crippen LogP contribution is -2.35. The van der Waals surface area contributed by atoms with Crippen molar-refractivity contribution in [2.45, 2.75) is 33.1 Å². The number of amides is 2. The molecule has 1 heterocycles. The Bertz CT molecular complexity index is 1540. The average molecular weight is 553 g/mol. The predicted molar refractivity (Wildman–Crippen MR) is 157 cm³/mol. The van der Waals surface area contributed by atoms with E-state index in [0.29, 0.717) is 16.8 Å². The number of para-hydroxylation sites is 1. The van der Waals surface area contributed by atoms with Gasteiger partial charge in [-0.15, -0.1) is 0 Å². The maximum absolute atomic E-state index is 13.0. The van der Waals surface area contributed by atoms with Crippen LogP contribution in [0.5, 0.6) is 0 Å². The molecular weight excluding hydrogens is 520 g/mol. The highest BCUT2D eigenvalue weighted by molar-refractivity contribution is 6.08. The molecule has 210 valence electrons. The predicted octanol–water partition coefficient (Wildman–Crippen LogP) is 5.89. The third-order valence-electron chi connectivity index (χ3n) is 7.22. The lowest BCUT2D eigenvalue weighted by atomic mass is 9.80. The quantitative estimate of drug-likeness (QED) is 0.363. The van der Waals surface area contributed by atoms with Gasteiger partial charge in [0.15, 0.2) is 0 Å². The van der Waals surface area contributed by atoms with Crippen LogP contribution in [-0.4, -0.2) is 40.5 Å². The van der Waals surface area contributed by atoms with Crippen molar-refractivity contribution in [1.29, 1.82) is 0 Å². The molecule has 3 aromatic rings. The molecule has 2 aliphatic rings. The second-order valence-electron chi connectivity index (χ2n) is 10.3. The standard InChI is InChI=1S/C24H22N2O2.C9H10O4/c1-17-7-2-4-10-21(17)23(27)25-20-14-12-19(13-15-20)24(28)26-16-6-9-18-8-3-5-11-22(18)26;1-9(8(12)13)4-2-3-6(5-9)7(10)11/h2-5,7-8,10-15H,6,9,16H2,1H3,(H,25,27);2-4H,5H2,1H3,(H,10,11)(H,12,13). The molecule has 2 amide bonds. The van der Waals surface area contributed by atoms with Crippen molar-refractivity contribution >= 4 is 35.1 Å². The molecule has 3 N–H and O–H groups in total. The molecule has 0 radical (unpaired) electrons. The van der Waals surface area contributed by atoms with Crippen LogP contribution in [0.2, 0.25) is 0 Å². The number of carboxylic acids is 2. The summed E-state index contributed by atoms with van der Waals surface area (Å²) in [5, 5.41) is 20.4. The zero-order valence-electron chi connectivity index (χ0n) is 23.0. The molecule has 0 saturated carbocycles. The summed E-state index contributed by atoms with van der Waals surface area (Å²) >= 11 is 0. The summed E-state index contributed by atoms with van der Waals surface area (Å²) in [4.78, 5) is 48.6. The minimum atomic E-state index is -1.08. The summed E-state index contributed by atoms with van der Waals surface area (Å²) < 4.78 is 0. The molecular formula is C33H32N2O6. The van der Waals surface area contributed by atoms with Gasteiger partial charge in [0.05, 0.1) is 5.41 Å². The first-order valence-electron chi connectivity index (χ1n) is 13.3. The van der Waals surface area contributed by atoms with Crippen LogP contribution in [0.3, 0.4) is 0 Å². The van der Waals surface area contributed by atoms with E-state index < -0.39 is 17.4 Å². The van der Waals surface area contributed by atoms with Gasteiger partial charge in [-0.1, -0.05) is 54.6 Å². The normalized spacial score (nSPS) is 17.3. The number of fused-ring (bicyclic) bond motifs is 1. The number of aryl methyl sites for hydroxylation is 2. The van der Waals surface area contributed by atoms with Gasteiger partial charge in [0, 0.05) is 34.6 Å². The highest BCUT2D eigenvalue weighted by Gasteiger charge is 2.34. The Balaban J connectivity index is 0.000000251. The van der Waals surface area contributed by atoms with Crippen LogP contribution < -0.4 is 10.2 Å². The van der Waals surface area contributed by atoms with Crippen LogP contribution in [0, 0.1) is 12.3 Å². The fraction of sp³-hybridized carbons (Fsp3) is 0.212. The Morgan fingerprint density at radius 1 is 0.902 bits per heavy atom. The van der Waals surface area contributed by atoms with Crippen LogP contribution in [0.15, 0.2) is 96.6 Å². The van der Waals surface area contributed by atoms with Crippen molar-refractivity contribution in [2.75, 3.05) is 16.8 Å². The van der Waals surface area contributed by atoms with Crippen molar-refractivity contribution in [3.8, 4) is 0 Å². The molecule has 41 heavy (non-hydrogen) atoms. The zero-order valence-corrected chi connectivity index (χ0v) is 23.0. The third-order valence-corrected chi connectivity index (χ3v) is 7.22. The maximum Gasteiger partial charge on any atom is 0.331 e. The van der Waals surface area contributed by atoms with E-state index in [1.807, 2.05) is 48.2 Å². The van der Waals surface area contributed by atoms with Gasteiger partial charge in [-0.05, 0) is 80.6 Å². The number of allylic oxidation sites excluding steroid dienone is 2. The number of rotatable bonds is 5. The van der Waals surface area contributed by atoms with Gasteiger partial charge in [0.1, 0.15) is 0 Å². The van der Waals surface area contributed by atoms with E-state index in [1.165, 1.54) is 30.7 Å². The van der Waals surface area contributed by atoms with Crippen LogP contribution in [0.4, 0.5) is 11.4 Å². The fourth-order valence-electron chi connectivity index (χ4n) is 4.81. The molecule has 1 unspecified atom stereocenters. The first-order valence-corrected chi connectivity index (χ1v) is 13.3. The van der Waals surface area contributed by atoms with Gasteiger partial charge < -0.3 is 20.4 Å². The van der Waals surface area contributed by atoms with Gasteiger partial charge in [-0.25, -0.2) is 4.79 Å². The van der Waals surface area contributed by atoms with Crippen molar-refractivity contribution in [1.82, 2.24) is 0 Å². The van der Waals surface area contributed by atoms with Gasteiger partial charge in [-0.2, -0.15) is 0 Å². The highest BCUT2D eigenvalue weighted by atomic mass is 16.4. The Kier molecular flexibility index (Phi) is 8.82. The molecule has 1 aliphatic heterocycles. The van der Waals surface area contributed by atoms with Crippen LogP contribution >= 0.6 is 0 Å². The monoisotopic (exact) mass is 552 g/mol. The van der Waals surface area contributed by atoms with E-state index in [1.54, 1.807) is 30.3 Å². The van der Waals surface area contributed by atoms with E-state index in [2.05, 4.69) is 11.4 Å². The van der Waals surface area contributed by atoms with Crippen molar-refractivity contribution < 1.29 is 29.4 Å². The molecule has 3 aromatic carbocycles. The molecule has 5 rings (SSSR count). The van der Waals surface area contributed by atoms with Gasteiger partial charge in [0.25, 0.3) is 11.8 Å². The maximum atomic E-state index is 13.0. The second kappa shape index (κ2) is 12.5. The molecule has 1 aliphatic carbocycles. The summed E-state index contributed by atoms with van der Waals surface area (Å²) in [5.41, 5.74) is 4.12. The minimum absolute atomic E-state index is 0.0102. The van der Waals surface area contributed by atoms with E-state index >= 15 is 0 Å². The third kappa shape index (κ3) is 6.78. The average Bonchev–Trinajstić information content (AvgIpc) is 2.97. The molecule has 0 aromatic heterocycles. The summed E-state index contributed by atoms with van der Waals surface area (Å²) in [6.45, 7) is 4.14. The van der Waals surface area contributed by atoms with E-state index in [-0.39, 0.29) is 23.8 Å². The number of carbonyl (C=O) groups is 4. The SMILES string of the molecule is CC1(C(=O)O)C=CC=C(C(=O)O)C1.Cc1ccccc1C(=O)Nc1ccc(C(=O)N2CCCc3ccccc32)cc1. The number of carboxylic acid groups (broad SMARTS) is 2. The van der Waals surface area contributed by atoms with Crippen LogP contribution in [0.1, 0.15) is 51.6 Å². The molecule has 0 spiro atoms. The summed E-state index contributed by atoms with van der Waals surface area (Å²) in [5.74, 6) is -2.22. The lowest BCUT2D eigenvalue weighted by molar-refractivity contribution is -0.145. The minimum Gasteiger partial charge on any atom is -0.481 e. The molecule has 1 atom stereocenters. The Morgan fingerprint density at radius 2 is 1.59 bits per heavy atom. The van der Waals surface area contributed by atoms with Gasteiger partial charge in [0.2, 0.25) is 0 Å². The van der Waals surface area contributed by atoms with E-state index in [4.69, 9.17) is 10.2 Å². The second-order valence-corrected chi connectivity index (χ2v) is 10.3. The topological polar surface area (TPSA) is 124 Å². The summed E-state index contributed by atoms with van der Waals surface area (Å²) in [7, 11) is 0. The van der Waals surface area contributed by atoms with Crippen LogP contribution in [-0.2, 0) is 16.0 Å². The van der Waals surface area contributed by atoms with Crippen molar-refractivity contribution in [2.24, 2.45) is 5.41 Å². The highest BCUT2D eigenvalue weighted by Crippen LogP contribution is 2.31. The number of benzene rings is 3. The largest absolute Gasteiger partial charge is 0.481 e. The Labute approximate surface area is 238 Å². The van der Waals surface area contributed by atoms with Gasteiger partial charge in [-0.3, -0.25) is 14.4 Å². The number of hydrogen-bond acceptors (Lipinski definition) is 4. The Hall–Kier alpha value is -4.98. The number of aliphatic carboxylic acids is 2. The number of nitrogens with one attached hydrogen (secondary N) is 1. The molecule has 0 fully saturated rings. The van der Waals surface area contributed by atoms with E-state index in [9.17, 15) is 19.2 Å². The number of hydrogen-bond donors (Lipinski definition) is 3. The van der Waals surface area contributed by atoms with E-state index in [0.717, 1.165) is 30.6 Å². The smallest absolute Gasteiger partial charge is 0.331 e. The van der Waals surface area contributed by atoms with Crippen molar-refractivity contribution in [3.63, 3.8) is 0 Å². The molecule has 0 saturated heterocycles.